The SMILES string of the molecule is CC(C)CC(N)C(=O)NC(C(=O)NC(Cc1ccccc1)C(=O)NC(Cc1c[nH]c2ccccc12)C(=O)O)C(C)C. The molecule has 0 spiro atoms. The number of nitrogens with one attached hydrogen (secondary N) is 4. The van der Waals surface area contributed by atoms with Crippen LogP contribution >= 0.6 is 0 Å². The zero-order chi connectivity index (χ0) is 30.1. The van der Waals surface area contributed by atoms with Crippen LogP contribution in [-0.4, -0.2) is 57.9 Å². The highest BCUT2D eigenvalue weighted by atomic mass is 16.4. The summed E-state index contributed by atoms with van der Waals surface area (Å²) in [6.07, 6.45) is 2.37. The monoisotopic (exact) mass is 563 g/mol. The molecule has 0 saturated carbocycles. The van der Waals surface area contributed by atoms with E-state index in [-0.39, 0.29) is 24.7 Å². The molecule has 0 fully saturated rings. The van der Waals surface area contributed by atoms with E-state index in [9.17, 15) is 24.3 Å². The smallest absolute Gasteiger partial charge is 0.326 e. The molecule has 0 radical (unpaired) electrons. The molecule has 3 rings (SSSR count). The number of hydrogen-bond donors (Lipinski definition) is 6. The van der Waals surface area contributed by atoms with E-state index in [0.29, 0.717) is 6.42 Å². The highest BCUT2D eigenvalue weighted by molar-refractivity contribution is 5.94. The number of carbonyl (C=O) groups is 4. The average Bonchev–Trinajstić information content (AvgIpc) is 3.33. The third kappa shape index (κ3) is 8.91. The molecule has 4 unspecified atom stereocenters. The fraction of sp³-hybridized carbons (Fsp3) is 0.419. The van der Waals surface area contributed by atoms with Crippen LogP contribution in [0.15, 0.2) is 60.8 Å². The van der Waals surface area contributed by atoms with Gasteiger partial charge in [-0.05, 0) is 35.4 Å². The Labute approximate surface area is 240 Å². The minimum Gasteiger partial charge on any atom is -0.480 e. The van der Waals surface area contributed by atoms with Crippen LogP contribution in [0.5, 0.6) is 0 Å². The number of amides is 3. The molecule has 2 aromatic carbocycles. The summed E-state index contributed by atoms with van der Waals surface area (Å²) < 4.78 is 0. The molecular weight excluding hydrogens is 522 g/mol. The molecule has 0 aliphatic rings. The Balaban J connectivity index is 1.79. The van der Waals surface area contributed by atoms with Crippen molar-refractivity contribution in [3.05, 3.63) is 71.9 Å². The van der Waals surface area contributed by atoms with Gasteiger partial charge in [0.25, 0.3) is 0 Å². The van der Waals surface area contributed by atoms with Gasteiger partial charge in [-0.3, -0.25) is 14.4 Å². The Morgan fingerprint density at radius 3 is 2.07 bits per heavy atom. The van der Waals surface area contributed by atoms with Crippen LogP contribution in [0.2, 0.25) is 0 Å². The van der Waals surface area contributed by atoms with E-state index in [4.69, 9.17) is 5.73 Å². The summed E-state index contributed by atoms with van der Waals surface area (Å²) in [5.41, 5.74) is 8.41. The summed E-state index contributed by atoms with van der Waals surface area (Å²) in [6, 6.07) is 12.6. The average molecular weight is 564 g/mol. The maximum Gasteiger partial charge on any atom is 0.326 e. The van der Waals surface area contributed by atoms with Gasteiger partial charge in [0.1, 0.15) is 18.1 Å². The molecule has 0 bridgehead atoms. The first-order valence-electron chi connectivity index (χ1n) is 13.9. The minimum absolute atomic E-state index is 0.0511. The van der Waals surface area contributed by atoms with E-state index in [1.807, 2.05) is 68.4 Å². The van der Waals surface area contributed by atoms with Crippen LogP contribution in [0.4, 0.5) is 0 Å². The van der Waals surface area contributed by atoms with Crippen molar-refractivity contribution in [2.45, 2.75) is 71.1 Å². The van der Waals surface area contributed by atoms with Crippen LogP contribution in [0.1, 0.15) is 45.2 Å². The largest absolute Gasteiger partial charge is 0.480 e. The number of benzene rings is 2. The number of rotatable bonds is 14. The summed E-state index contributed by atoms with van der Waals surface area (Å²) in [7, 11) is 0. The van der Waals surface area contributed by atoms with E-state index in [1.165, 1.54) is 0 Å². The fourth-order valence-electron chi connectivity index (χ4n) is 4.72. The molecule has 0 aliphatic carbocycles. The predicted octanol–water partition coefficient (Wildman–Crippen LogP) is 2.52. The summed E-state index contributed by atoms with van der Waals surface area (Å²) >= 11 is 0. The number of nitrogens with two attached hydrogens (primary N) is 1. The third-order valence-electron chi connectivity index (χ3n) is 6.94. The molecule has 41 heavy (non-hydrogen) atoms. The lowest BCUT2D eigenvalue weighted by Crippen LogP contribution is -2.59. The Kier molecular flexibility index (Phi) is 11.0. The first-order chi connectivity index (χ1) is 19.5. The van der Waals surface area contributed by atoms with Crippen LogP contribution < -0.4 is 21.7 Å². The van der Waals surface area contributed by atoms with Crippen molar-refractivity contribution >= 4 is 34.6 Å². The molecule has 10 nitrogen and oxygen atoms in total. The van der Waals surface area contributed by atoms with Gasteiger partial charge in [0, 0.05) is 29.9 Å². The lowest BCUT2D eigenvalue weighted by atomic mass is 9.99. The van der Waals surface area contributed by atoms with Crippen molar-refractivity contribution in [3.63, 3.8) is 0 Å². The summed E-state index contributed by atoms with van der Waals surface area (Å²) in [6.45, 7) is 7.48. The number of hydrogen-bond acceptors (Lipinski definition) is 5. The highest BCUT2D eigenvalue weighted by Crippen LogP contribution is 2.19. The second-order valence-electron chi connectivity index (χ2n) is 11.2. The summed E-state index contributed by atoms with van der Waals surface area (Å²) in [5, 5.41) is 18.9. The molecule has 7 N–H and O–H groups in total. The molecule has 1 aromatic heterocycles. The Hall–Kier alpha value is -4.18. The van der Waals surface area contributed by atoms with E-state index < -0.39 is 47.9 Å². The lowest BCUT2D eigenvalue weighted by Gasteiger charge is -2.27. The zero-order valence-electron chi connectivity index (χ0n) is 24.0. The number of carbonyl (C=O) groups excluding carboxylic acids is 3. The van der Waals surface area contributed by atoms with Crippen molar-refractivity contribution in [2.75, 3.05) is 0 Å². The lowest BCUT2D eigenvalue weighted by molar-refractivity contribution is -0.142. The first kappa shape index (κ1) is 31.3. The molecule has 4 atom stereocenters. The van der Waals surface area contributed by atoms with Gasteiger partial charge < -0.3 is 31.8 Å². The number of aromatic amines is 1. The number of fused-ring (bicyclic) bond motifs is 1. The minimum atomic E-state index is -1.23. The van der Waals surface area contributed by atoms with Crippen LogP contribution in [0, 0.1) is 11.8 Å². The quantitative estimate of drug-likeness (QED) is 0.176. The number of para-hydroxylation sites is 1. The fourth-order valence-corrected chi connectivity index (χ4v) is 4.72. The molecule has 220 valence electrons. The topological polar surface area (TPSA) is 166 Å². The van der Waals surface area contributed by atoms with Crippen LogP contribution in [-0.2, 0) is 32.0 Å². The maximum absolute atomic E-state index is 13.5. The number of aliphatic carboxylic acids is 1. The predicted molar refractivity (Wildman–Crippen MR) is 158 cm³/mol. The number of aromatic nitrogens is 1. The van der Waals surface area contributed by atoms with Gasteiger partial charge in [0.2, 0.25) is 17.7 Å². The van der Waals surface area contributed by atoms with Crippen LogP contribution in [0.25, 0.3) is 10.9 Å². The van der Waals surface area contributed by atoms with Crippen molar-refractivity contribution in [1.29, 1.82) is 0 Å². The number of carboxylic acid groups (broad SMARTS) is 1. The standard InChI is InChI=1S/C31H41N5O5/c1-18(2)14-23(32)28(37)36-27(19(3)4)30(39)34-25(15-20-10-6-5-7-11-20)29(38)35-26(31(40)41)16-21-17-33-24-13-9-8-12-22(21)24/h5-13,17-19,23,25-27,33H,14-16,32H2,1-4H3,(H,34,39)(H,35,38)(H,36,37)(H,40,41). The van der Waals surface area contributed by atoms with Gasteiger partial charge in [0.15, 0.2) is 0 Å². The molecule has 0 saturated heterocycles. The normalized spacial score (nSPS) is 14.3. The highest BCUT2D eigenvalue weighted by Gasteiger charge is 2.32. The van der Waals surface area contributed by atoms with E-state index in [2.05, 4.69) is 20.9 Å². The Bertz CT molecular complexity index is 1340. The van der Waals surface area contributed by atoms with Gasteiger partial charge >= 0.3 is 5.97 Å². The van der Waals surface area contributed by atoms with Gasteiger partial charge in [-0.15, -0.1) is 0 Å². The third-order valence-corrected chi connectivity index (χ3v) is 6.94. The van der Waals surface area contributed by atoms with Crippen molar-refractivity contribution in [1.82, 2.24) is 20.9 Å². The van der Waals surface area contributed by atoms with E-state index in [0.717, 1.165) is 22.0 Å². The number of H-pyrrole nitrogens is 1. The van der Waals surface area contributed by atoms with E-state index >= 15 is 0 Å². The second kappa shape index (κ2) is 14.5. The molecular formula is C31H41N5O5. The number of carboxylic acids is 1. The van der Waals surface area contributed by atoms with E-state index in [1.54, 1.807) is 20.0 Å². The van der Waals surface area contributed by atoms with Crippen molar-refractivity contribution in [2.24, 2.45) is 17.6 Å². The van der Waals surface area contributed by atoms with Crippen molar-refractivity contribution in [3.8, 4) is 0 Å². The molecule has 0 aliphatic heterocycles. The maximum atomic E-state index is 13.5. The molecule has 3 amide bonds. The van der Waals surface area contributed by atoms with Crippen molar-refractivity contribution < 1.29 is 24.3 Å². The van der Waals surface area contributed by atoms with Gasteiger partial charge in [-0.25, -0.2) is 4.79 Å². The second-order valence-corrected chi connectivity index (χ2v) is 11.2. The molecule has 1 heterocycles. The summed E-state index contributed by atoms with van der Waals surface area (Å²) in [5.74, 6) is -2.92. The van der Waals surface area contributed by atoms with Crippen LogP contribution in [0.3, 0.4) is 0 Å². The summed E-state index contributed by atoms with van der Waals surface area (Å²) in [4.78, 5) is 55.0. The molecule has 3 aromatic rings. The first-order valence-corrected chi connectivity index (χ1v) is 13.9. The molecule has 10 heteroatoms. The van der Waals surface area contributed by atoms with Gasteiger partial charge in [-0.2, -0.15) is 0 Å². The van der Waals surface area contributed by atoms with Gasteiger partial charge in [0.05, 0.1) is 6.04 Å². The van der Waals surface area contributed by atoms with Gasteiger partial charge in [-0.1, -0.05) is 76.2 Å². The Morgan fingerprint density at radius 1 is 0.805 bits per heavy atom. The zero-order valence-corrected chi connectivity index (χ0v) is 24.0. The Morgan fingerprint density at radius 2 is 1.44 bits per heavy atom.